The predicted octanol–water partition coefficient (Wildman–Crippen LogP) is 3.80. The quantitative estimate of drug-likeness (QED) is 0.864. The lowest BCUT2D eigenvalue weighted by atomic mass is 9.86. The maximum Gasteiger partial charge on any atom is 0.129 e. The van der Waals surface area contributed by atoms with Gasteiger partial charge in [-0.1, -0.05) is 12.1 Å². The molecule has 24 heavy (non-hydrogen) atoms. The minimum Gasteiger partial charge on any atom is -0.496 e. The maximum absolute atomic E-state index is 9.27. The Kier molecular flexibility index (Phi) is 5.87. The largest absolute Gasteiger partial charge is 0.496 e. The van der Waals surface area contributed by atoms with E-state index in [2.05, 4.69) is 23.4 Å². The molecule has 1 saturated carbocycles. The van der Waals surface area contributed by atoms with Crippen LogP contribution in [0.25, 0.3) is 10.6 Å². The number of aliphatic hydroxyl groups excluding tert-OH is 1. The van der Waals surface area contributed by atoms with Crippen LogP contribution in [0, 0.1) is 5.92 Å². The Balaban J connectivity index is 1.64. The van der Waals surface area contributed by atoms with Crippen molar-refractivity contribution in [3.05, 3.63) is 35.3 Å². The lowest BCUT2D eigenvalue weighted by molar-refractivity contribution is 0.123. The number of nitrogens with zero attached hydrogens (tertiary/aromatic N) is 2. The normalized spacial score (nSPS) is 21.2. The first-order valence-corrected chi connectivity index (χ1v) is 9.48. The average molecular weight is 346 g/mol. The van der Waals surface area contributed by atoms with Gasteiger partial charge in [0, 0.05) is 24.6 Å². The zero-order valence-electron chi connectivity index (χ0n) is 14.4. The molecular formula is C19H26N2O2S. The second kappa shape index (κ2) is 8.10. The summed E-state index contributed by atoms with van der Waals surface area (Å²) in [6, 6.07) is 8.63. The van der Waals surface area contributed by atoms with E-state index in [0.717, 1.165) is 41.4 Å². The van der Waals surface area contributed by atoms with E-state index >= 15 is 0 Å². The first kappa shape index (κ1) is 17.4. The molecule has 0 spiro atoms. The molecule has 0 radical (unpaired) electrons. The first-order chi connectivity index (χ1) is 11.7. The van der Waals surface area contributed by atoms with Crippen LogP contribution in [0.3, 0.4) is 0 Å². The van der Waals surface area contributed by atoms with Crippen molar-refractivity contribution in [1.82, 2.24) is 9.88 Å². The van der Waals surface area contributed by atoms with E-state index in [1.54, 1.807) is 18.4 Å². The molecule has 0 amide bonds. The molecule has 1 aromatic carbocycles. The third kappa shape index (κ3) is 3.97. The van der Waals surface area contributed by atoms with Crippen molar-refractivity contribution in [1.29, 1.82) is 0 Å². The van der Waals surface area contributed by atoms with Gasteiger partial charge in [-0.2, -0.15) is 0 Å². The van der Waals surface area contributed by atoms with Crippen LogP contribution in [-0.2, 0) is 6.54 Å². The Morgan fingerprint density at radius 2 is 2.00 bits per heavy atom. The first-order valence-electron chi connectivity index (χ1n) is 8.60. The van der Waals surface area contributed by atoms with Crippen molar-refractivity contribution < 1.29 is 9.84 Å². The van der Waals surface area contributed by atoms with Gasteiger partial charge in [-0.25, -0.2) is 4.98 Å². The number of rotatable bonds is 6. The molecule has 4 nitrogen and oxygen atoms in total. The molecule has 1 aliphatic carbocycles. The van der Waals surface area contributed by atoms with Crippen LogP contribution in [0.15, 0.2) is 29.6 Å². The molecule has 5 heteroatoms. The summed E-state index contributed by atoms with van der Waals surface area (Å²) in [5.41, 5.74) is 2.18. The number of aliphatic hydroxyl groups is 1. The van der Waals surface area contributed by atoms with Crippen LogP contribution in [0.2, 0.25) is 0 Å². The molecule has 1 aliphatic rings. The SMILES string of the molecule is COc1ccccc1-c1nc(CN(C)C2CCC(CO)CC2)cs1. The molecule has 3 rings (SSSR count). The summed E-state index contributed by atoms with van der Waals surface area (Å²) >= 11 is 1.67. The molecule has 0 atom stereocenters. The van der Waals surface area contributed by atoms with Gasteiger partial charge in [0.2, 0.25) is 0 Å². The third-order valence-corrected chi connectivity index (χ3v) is 5.92. The van der Waals surface area contributed by atoms with Crippen LogP contribution in [0.4, 0.5) is 0 Å². The highest BCUT2D eigenvalue weighted by Crippen LogP contribution is 2.33. The number of para-hydroxylation sites is 1. The fraction of sp³-hybridized carbons (Fsp3) is 0.526. The van der Waals surface area contributed by atoms with E-state index in [9.17, 15) is 5.11 Å². The molecule has 1 heterocycles. The Labute approximate surface area is 148 Å². The van der Waals surface area contributed by atoms with E-state index in [4.69, 9.17) is 9.72 Å². The van der Waals surface area contributed by atoms with E-state index in [1.165, 1.54) is 12.8 Å². The molecule has 130 valence electrons. The van der Waals surface area contributed by atoms with Gasteiger partial charge < -0.3 is 9.84 Å². The number of ether oxygens (including phenoxy) is 1. The molecular weight excluding hydrogens is 320 g/mol. The van der Waals surface area contributed by atoms with Crippen molar-refractivity contribution in [3.63, 3.8) is 0 Å². The monoisotopic (exact) mass is 346 g/mol. The summed E-state index contributed by atoms with van der Waals surface area (Å²) in [6.07, 6.45) is 4.61. The van der Waals surface area contributed by atoms with E-state index < -0.39 is 0 Å². The van der Waals surface area contributed by atoms with Crippen molar-refractivity contribution in [3.8, 4) is 16.3 Å². The molecule has 0 bridgehead atoms. The van der Waals surface area contributed by atoms with Gasteiger partial charge in [-0.15, -0.1) is 11.3 Å². The number of hydrogen-bond acceptors (Lipinski definition) is 5. The number of thiazole rings is 1. The van der Waals surface area contributed by atoms with Gasteiger partial charge in [0.25, 0.3) is 0 Å². The number of aromatic nitrogens is 1. The Bertz CT molecular complexity index is 650. The Hall–Kier alpha value is -1.43. The smallest absolute Gasteiger partial charge is 0.129 e. The highest BCUT2D eigenvalue weighted by molar-refractivity contribution is 7.13. The van der Waals surface area contributed by atoms with Crippen LogP contribution in [0.5, 0.6) is 5.75 Å². The minimum atomic E-state index is 0.338. The Morgan fingerprint density at radius 3 is 2.71 bits per heavy atom. The highest BCUT2D eigenvalue weighted by Gasteiger charge is 2.24. The second-order valence-electron chi connectivity index (χ2n) is 6.62. The lowest BCUT2D eigenvalue weighted by Crippen LogP contribution is -2.35. The summed E-state index contributed by atoms with van der Waals surface area (Å²) < 4.78 is 5.44. The van der Waals surface area contributed by atoms with E-state index in [-0.39, 0.29) is 0 Å². The van der Waals surface area contributed by atoms with Crippen molar-refractivity contribution in [2.24, 2.45) is 5.92 Å². The predicted molar refractivity (Wildman–Crippen MR) is 98.4 cm³/mol. The van der Waals surface area contributed by atoms with Crippen molar-refractivity contribution in [2.75, 3.05) is 20.8 Å². The number of hydrogen-bond donors (Lipinski definition) is 1. The minimum absolute atomic E-state index is 0.338. The van der Waals surface area contributed by atoms with Crippen LogP contribution in [-0.4, -0.2) is 41.8 Å². The van der Waals surface area contributed by atoms with Gasteiger partial charge >= 0.3 is 0 Å². The molecule has 2 aromatic rings. The van der Waals surface area contributed by atoms with Crippen LogP contribution < -0.4 is 4.74 Å². The maximum atomic E-state index is 9.27. The van der Waals surface area contributed by atoms with Crippen LogP contribution in [0.1, 0.15) is 31.4 Å². The van der Waals surface area contributed by atoms with E-state index in [0.29, 0.717) is 18.6 Å². The van der Waals surface area contributed by atoms with Crippen LogP contribution >= 0.6 is 11.3 Å². The topological polar surface area (TPSA) is 45.6 Å². The second-order valence-corrected chi connectivity index (χ2v) is 7.47. The summed E-state index contributed by atoms with van der Waals surface area (Å²) in [5, 5.41) is 12.4. The van der Waals surface area contributed by atoms with Gasteiger partial charge in [-0.05, 0) is 50.8 Å². The fourth-order valence-electron chi connectivity index (χ4n) is 3.48. The standard InChI is InChI=1S/C19H26N2O2S/c1-21(16-9-7-14(12-22)8-10-16)11-15-13-24-19(20-15)17-5-3-4-6-18(17)23-2/h3-6,13-14,16,22H,7-12H2,1-2H3. The fourth-order valence-corrected chi connectivity index (χ4v) is 4.32. The summed E-state index contributed by atoms with van der Waals surface area (Å²) in [5.74, 6) is 1.38. The van der Waals surface area contributed by atoms with Gasteiger partial charge in [0.05, 0.1) is 18.4 Å². The average Bonchev–Trinajstić information content (AvgIpc) is 3.10. The summed E-state index contributed by atoms with van der Waals surface area (Å²) in [4.78, 5) is 7.22. The zero-order chi connectivity index (χ0) is 16.9. The zero-order valence-corrected chi connectivity index (χ0v) is 15.3. The Morgan fingerprint density at radius 1 is 1.25 bits per heavy atom. The van der Waals surface area contributed by atoms with Gasteiger partial charge in [0.15, 0.2) is 0 Å². The van der Waals surface area contributed by atoms with Gasteiger partial charge in [-0.3, -0.25) is 4.90 Å². The molecule has 0 saturated heterocycles. The molecule has 1 fully saturated rings. The molecule has 1 N–H and O–H groups in total. The van der Waals surface area contributed by atoms with E-state index in [1.807, 2.05) is 18.2 Å². The lowest BCUT2D eigenvalue weighted by Gasteiger charge is -2.33. The molecule has 0 aliphatic heterocycles. The van der Waals surface area contributed by atoms with Crippen molar-refractivity contribution >= 4 is 11.3 Å². The number of benzene rings is 1. The summed E-state index contributed by atoms with van der Waals surface area (Å²) in [7, 11) is 3.88. The third-order valence-electron chi connectivity index (χ3n) is 5.00. The van der Waals surface area contributed by atoms with Gasteiger partial charge in [0.1, 0.15) is 10.8 Å². The summed E-state index contributed by atoms with van der Waals surface area (Å²) in [6.45, 7) is 1.21. The number of methoxy groups -OCH3 is 1. The van der Waals surface area contributed by atoms with Crippen molar-refractivity contribution in [2.45, 2.75) is 38.3 Å². The highest BCUT2D eigenvalue weighted by atomic mass is 32.1. The molecule has 0 unspecified atom stereocenters. The molecule has 1 aromatic heterocycles.